The van der Waals surface area contributed by atoms with Gasteiger partial charge in [-0.2, -0.15) is 0 Å². The number of carbonyl (C=O) groups excluding carboxylic acids is 1. The first-order valence-electron chi connectivity index (χ1n) is 7.14. The molecule has 0 aromatic heterocycles. The zero-order valence-electron chi connectivity index (χ0n) is 13.5. The largest absolute Gasteiger partial charge is 0.496 e. The molecule has 5 heteroatoms. The third-order valence-corrected chi connectivity index (χ3v) is 2.79. The monoisotopic (exact) mass is 294 g/mol. The molecule has 0 bridgehead atoms. The van der Waals surface area contributed by atoms with E-state index in [1.165, 1.54) is 0 Å². The normalized spacial score (nSPS) is 12.7. The van der Waals surface area contributed by atoms with Gasteiger partial charge in [0.15, 0.2) is 0 Å². The molecule has 118 valence electrons. The van der Waals surface area contributed by atoms with Crippen LogP contribution in [0.25, 0.3) is 0 Å². The molecule has 3 N–H and O–H groups in total. The fourth-order valence-corrected chi connectivity index (χ4v) is 1.86. The van der Waals surface area contributed by atoms with Crippen LogP contribution in [0.5, 0.6) is 5.75 Å². The molecule has 5 nitrogen and oxygen atoms in total. The molecular weight excluding hydrogens is 268 g/mol. The number of anilines is 1. The quantitative estimate of drug-likeness (QED) is 0.873. The van der Waals surface area contributed by atoms with Crippen molar-refractivity contribution in [3.63, 3.8) is 0 Å². The highest BCUT2D eigenvalue weighted by Gasteiger charge is 2.16. The number of amides is 1. The molecule has 0 unspecified atom stereocenters. The zero-order valence-corrected chi connectivity index (χ0v) is 13.5. The van der Waals surface area contributed by atoms with Gasteiger partial charge in [0.2, 0.25) is 0 Å². The first kappa shape index (κ1) is 17.3. The Morgan fingerprint density at radius 2 is 2.05 bits per heavy atom. The Morgan fingerprint density at radius 1 is 1.38 bits per heavy atom. The molecule has 1 atom stereocenters. The average Bonchev–Trinajstić information content (AvgIpc) is 2.34. The molecule has 1 amide bonds. The number of nitrogens with one attached hydrogen (secondary N) is 1. The van der Waals surface area contributed by atoms with E-state index < -0.39 is 11.7 Å². The van der Waals surface area contributed by atoms with E-state index in [0.29, 0.717) is 5.69 Å². The van der Waals surface area contributed by atoms with Gasteiger partial charge < -0.3 is 15.2 Å². The molecule has 0 saturated heterocycles. The Labute approximate surface area is 126 Å². The maximum Gasteiger partial charge on any atom is 0.412 e. The lowest BCUT2D eigenvalue weighted by atomic mass is 10.0. The van der Waals surface area contributed by atoms with E-state index in [2.05, 4.69) is 5.32 Å². The number of rotatable bonds is 5. The highest BCUT2D eigenvalue weighted by atomic mass is 16.6. The molecule has 21 heavy (non-hydrogen) atoms. The fraction of sp³-hybridized carbons (Fsp3) is 0.562. The highest BCUT2D eigenvalue weighted by molar-refractivity contribution is 5.85. The van der Waals surface area contributed by atoms with Gasteiger partial charge in [-0.3, -0.25) is 5.32 Å². The molecule has 0 aliphatic rings. The first-order valence-corrected chi connectivity index (χ1v) is 7.14. The maximum absolute atomic E-state index is 11.8. The summed E-state index contributed by atoms with van der Waals surface area (Å²) >= 11 is 0. The number of ether oxygens (including phenoxy) is 2. The minimum Gasteiger partial charge on any atom is -0.496 e. The minimum absolute atomic E-state index is 0.122. The molecule has 1 aromatic carbocycles. The molecule has 1 aromatic rings. The van der Waals surface area contributed by atoms with Crippen LogP contribution in [0.2, 0.25) is 0 Å². The van der Waals surface area contributed by atoms with Crippen molar-refractivity contribution in [1.82, 2.24) is 0 Å². The van der Waals surface area contributed by atoms with E-state index in [1.54, 1.807) is 13.2 Å². The summed E-state index contributed by atoms with van der Waals surface area (Å²) in [4.78, 5) is 11.8. The van der Waals surface area contributed by atoms with Crippen LogP contribution in [0, 0.1) is 0 Å². The van der Waals surface area contributed by atoms with Gasteiger partial charge in [-0.1, -0.05) is 0 Å². The van der Waals surface area contributed by atoms with Crippen molar-refractivity contribution in [3.8, 4) is 5.75 Å². The van der Waals surface area contributed by atoms with Crippen LogP contribution >= 0.6 is 0 Å². The summed E-state index contributed by atoms with van der Waals surface area (Å²) < 4.78 is 10.6. The number of hydrogen-bond acceptors (Lipinski definition) is 4. The van der Waals surface area contributed by atoms with Gasteiger partial charge >= 0.3 is 6.09 Å². The van der Waals surface area contributed by atoms with Gasteiger partial charge in [0.25, 0.3) is 0 Å². The smallest absolute Gasteiger partial charge is 0.412 e. The second kappa shape index (κ2) is 7.31. The second-order valence-corrected chi connectivity index (χ2v) is 6.17. The summed E-state index contributed by atoms with van der Waals surface area (Å²) in [5.74, 6) is 0.797. The first-order chi connectivity index (χ1) is 9.71. The Kier molecular flexibility index (Phi) is 6.03. The molecule has 0 heterocycles. The van der Waals surface area contributed by atoms with Crippen LogP contribution in [0.1, 0.15) is 39.7 Å². The van der Waals surface area contributed by atoms with E-state index in [0.717, 1.165) is 24.2 Å². The summed E-state index contributed by atoms with van der Waals surface area (Å²) in [6.07, 6.45) is 1.18. The molecule has 1 rings (SSSR count). The number of hydrogen-bond donors (Lipinski definition) is 2. The summed E-state index contributed by atoms with van der Waals surface area (Å²) in [6, 6.07) is 5.64. The van der Waals surface area contributed by atoms with E-state index in [-0.39, 0.29) is 6.04 Å². The molecule has 0 radical (unpaired) electrons. The lowest BCUT2D eigenvalue weighted by Gasteiger charge is -2.20. The van der Waals surface area contributed by atoms with Crippen LogP contribution in [-0.2, 0) is 11.2 Å². The Hall–Kier alpha value is -1.75. The van der Waals surface area contributed by atoms with Gasteiger partial charge in [0.05, 0.1) is 7.11 Å². The number of nitrogens with two attached hydrogens (primary N) is 1. The standard InChI is InChI=1S/C16H26N2O3/c1-11(17)6-7-12-10-13(8-9-14(12)20-5)18-15(19)21-16(2,3)4/h8-11H,6-7,17H2,1-5H3,(H,18,19)/t11-/m0/s1. The lowest BCUT2D eigenvalue weighted by molar-refractivity contribution is 0.0636. The molecule has 0 saturated carbocycles. The maximum atomic E-state index is 11.8. The predicted octanol–water partition coefficient (Wildman–Crippen LogP) is 3.32. The van der Waals surface area contributed by atoms with Gasteiger partial charge in [0, 0.05) is 11.7 Å². The van der Waals surface area contributed by atoms with Crippen molar-refractivity contribution >= 4 is 11.8 Å². The van der Waals surface area contributed by atoms with Gasteiger partial charge in [-0.25, -0.2) is 4.79 Å². The SMILES string of the molecule is COc1ccc(NC(=O)OC(C)(C)C)cc1CC[C@H](C)N. The predicted molar refractivity (Wildman–Crippen MR) is 84.8 cm³/mol. The average molecular weight is 294 g/mol. The van der Waals surface area contributed by atoms with Crippen molar-refractivity contribution in [1.29, 1.82) is 0 Å². The van der Waals surface area contributed by atoms with Gasteiger partial charge in [-0.15, -0.1) is 0 Å². The zero-order chi connectivity index (χ0) is 16.0. The summed E-state index contributed by atoms with van der Waals surface area (Å²) in [5.41, 5.74) is 6.97. The van der Waals surface area contributed by atoms with E-state index >= 15 is 0 Å². The Balaban J connectivity index is 2.79. The van der Waals surface area contributed by atoms with Crippen LogP contribution in [0.15, 0.2) is 18.2 Å². The van der Waals surface area contributed by atoms with Crippen molar-refractivity contribution in [2.24, 2.45) is 5.73 Å². The third kappa shape index (κ3) is 6.49. The third-order valence-electron chi connectivity index (χ3n) is 2.79. The van der Waals surface area contributed by atoms with E-state index in [9.17, 15) is 4.79 Å². The number of aryl methyl sites for hydroxylation is 1. The van der Waals surface area contributed by atoms with Crippen LogP contribution in [0.4, 0.5) is 10.5 Å². The van der Waals surface area contributed by atoms with Gasteiger partial charge in [-0.05, 0) is 64.3 Å². The topological polar surface area (TPSA) is 73.6 Å². The molecule has 0 aliphatic heterocycles. The van der Waals surface area contributed by atoms with Crippen LogP contribution in [-0.4, -0.2) is 24.8 Å². The van der Waals surface area contributed by atoms with Crippen molar-refractivity contribution in [3.05, 3.63) is 23.8 Å². The number of carbonyl (C=O) groups is 1. The lowest BCUT2D eigenvalue weighted by Crippen LogP contribution is -2.27. The van der Waals surface area contributed by atoms with Crippen LogP contribution < -0.4 is 15.8 Å². The highest BCUT2D eigenvalue weighted by Crippen LogP contribution is 2.24. The van der Waals surface area contributed by atoms with Gasteiger partial charge in [0.1, 0.15) is 11.4 Å². The number of benzene rings is 1. The van der Waals surface area contributed by atoms with Crippen LogP contribution in [0.3, 0.4) is 0 Å². The minimum atomic E-state index is -0.519. The van der Waals surface area contributed by atoms with Crippen molar-refractivity contribution < 1.29 is 14.3 Å². The van der Waals surface area contributed by atoms with E-state index in [1.807, 2.05) is 39.8 Å². The van der Waals surface area contributed by atoms with Crippen molar-refractivity contribution in [2.45, 2.75) is 52.2 Å². The fourth-order valence-electron chi connectivity index (χ4n) is 1.86. The Bertz CT molecular complexity index is 479. The van der Waals surface area contributed by atoms with Crippen molar-refractivity contribution in [2.75, 3.05) is 12.4 Å². The van der Waals surface area contributed by atoms with E-state index in [4.69, 9.17) is 15.2 Å². The Morgan fingerprint density at radius 3 is 2.57 bits per heavy atom. The molecule has 0 aliphatic carbocycles. The molecular formula is C16H26N2O3. The molecule has 0 spiro atoms. The summed E-state index contributed by atoms with van der Waals surface area (Å²) in [7, 11) is 1.63. The summed E-state index contributed by atoms with van der Waals surface area (Å²) in [6.45, 7) is 7.45. The number of methoxy groups -OCH3 is 1. The summed E-state index contributed by atoms with van der Waals surface area (Å²) in [5, 5.41) is 2.73. The molecule has 0 fully saturated rings. The second-order valence-electron chi connectivity index (χ2n) is 6.17.